The standard InChI is InChI=1S/C18H31N5O3/c1-14-19-15(21-20-14)4-5-16(24)23-7-6-18(25,17(2,3)12-23)13-22-8-10-26-11-9-22/h25H,4-13H2,1-3H3,(H,19,20,21)/t18-/m1/s1. The Kier molecular flexibility index (Phi) is 5.64. The second kappa shape index (κ2) is 7.62. The zero-order valence-corrected chi connectivity index (χ0v) is 16.1. The lowest BCUT2D eigenvalue weighted by molar-refractivity contribution is -0.157. The molecule has 8 nitrogen and oxygen atoms in total. The van der Waals surface area contributed by atoms with Gasteiger partial charge in [0.15, 0.2) is 5.82 Å². The van der Waals surface area contributed by atoms with Gasteiger partial charge >= 0.3 is 0 Å². The molecule has 1 amide bonds. The maximum Gasteiger partial charge on any atom is 0.223 e. The predicted octanol–water partition coefficient (Wildman–Crippen LogP) is 0.368. The van der Waals surface area contributed by atoms with E-state index in [0.29, 0.717) is 44.7 Å². The SMILES string of the molecule is Cc1nc(CCC(=O)N2CC[C@@](O)(CN3CCOCC3)C(C)(C)C2)n[nH]1. The van der Waals surface area contributed by atoms with Crippen molar-refractivity contribution in [2.45, 2.75) is 45.6 Å². The fraction of sp³-hybridized carbons (Fsp3) is 0.833. The van der Waals surface area contributed by atoms with Crippen LogP contribution in [-0.4, -0.2) is 87.5 Å². The highest BCUT2D eigenvalue weighted by molar-refractivity contribution is 5.76. The van der Waals surface area contributed by atoms with Crippen molar-refractivity contribution in [2.24, 2.45) is 5.41 Å². The van der Waals surface area contributed by atoms with E-state index in [0.717, 1.165) is 32.1 Å². The Bertz CT molecular complexity index is 626. The quantitative estimate of drug-likeness (QED) is 0.783. The van der Waals surface area contributed by atoms with Gasteiger partial charge in [-0.1, -0.05) is 13.8 Å². The number of piperidine rings is 1. The number of likely N-dealkylation sites (tertiary alicyclic amines) is 1. The molecule has 146 valence electrons. The van der Waals surface area contributed by atoms with Crippen molar-refractivity contribution in [3.63, 3.8) is 0 Å². The lowest BCUT2D eigenvalue weighted by Crippen LogP contribution is -2.63. The number of hydrogen-bond donors (Lipinski definition) is 2. The van der Waals surface area contributed by atoms with Crippen LogP contribution in [-0.2, 0) is 16.0 Å². The summed E-state index contributed by atoms with van der Waals surface area (Å²) in [5.41, 5.74) is -1.15. The Labute approximate surface area is 154 Å². The number of morpholine rings is 1. The number of rotatable bonds is 5. The Morgan fingerprint density at radius 1 is 1.31 bits per heavy atom. The minimum Gasteiger partial charge on any atom is -0.388 e. The van der Waals surface area contributed by atoms with Crippen LogP contribution in [0.2, 0.25) is 0 Å². The second-order valence-electron chi connectivity index (χ2n) is 8.21. The maximum absolute atomic E-state index is 12.6. The molecule has 2 fully saturated rings. The third-order valence-corrected chi connectivity index (χ3v) is 5.79. The fourth-order valence-corrected chi connectivity index (χ4v) is 3.87. The van der Waals surface area contributed by atoms with Gasteiger partial charge in [0.25, 0.3) is 0 Å². The van der Waals surface area contributed by atoms with Gasteiger partial charge in [-0.3, -0.25) is 14.8 Å². The van der Waals surface area contributed by atoms with Crippen molar-refractivity contribution < 1.29 is 14.6 Å². The molecule has 0 unspecified atom stereocenters. The molecule has 26 heavy (non-hydrogen) atoms. The largest absolute Gasteiger partial charge is 0.388 e. The monoisotopic (exact) mass is 365 g/mol. The van der Waals surface area contributed by atoms with E-state index in [4.69, 9.17) is 4.74 Å². The van der Waals surface area contributed by atoms with Gasteiger partial charge in [0.2, 0.25) is 5.91 Å². The van der Waals surface area contributed by atoms with Gasteiger partial charge in [0.05, 0.1) is 18.8 Å². The number of β-amino-alcohol motifs (C(OH)–C–C–N with tert-alkyl or cyclic N) is 1. The van der Waals surface area contributed by atoms with E-state index in [-0.39, 0.29) is 11.3 Å². The third-order valence-electron chi connectivity index (χ3n) is 5.79. The molecule has 0 bridgehead atoms. The number of aryl methyl sites for hydroxylation is 2. The highest BCUT2D eigenvalue weighted by atomic mass is 16.5. The van der Waals surface area contributed by atoms with E-state index in [2.05, 4.69) is 33.9 Å². The van der Waals surface area contributed by atoms with E-state index >= 15 is 0 Å². The van der Waals surface area contributed by atoms with Crippen molar-refractivity contribution in [3.8, 4) is 0 Å². The number of nitrogens with zero attached hydrogens (tertiary/aromatic N) is 4. The van der Waals surface area contributed by atoms with Crippen LogP contribution in [0.5, 0.6) is 0 Å². The molecule has 3 rings (SSSR count). The molecule has 0 spiro atoms. The van der Waals surface area contributed by atoms with Crippen molar-refractivity contribution in [2.75, 3.05) is 45.9 Å². The lowest BCUT2D eigenvalue weighted by Gasteiger charge is -2.52. The predicted molar refractivity (Wildman–Crippen MR) is 96.6 cm³/mol. The first-order chi connectivity index (χ1) is 12.3. The van der Waals surface area contributed by atoms with Crippen molar-refractivity contribution in [3.05, 3.63) is 11.6 Å². The molecule has 0 aromatic carbocycles. The number of nitrogens with one attached hydrogen (secondary N) is 1. The summed E-state index contributed by atoms with van der Waals surface area (Å²) in [5.74, 6) is 1.55. The van der Waals surface area contributed by atoms with Gasteiger partial charge in [-0.15, -0.1) is 0 Å². The Balaban J connectivity index is 1.55. The van der Waals surface area contributed by atoms with E-state index in [9.17, 15) is 9.90 Å². The Morgan fingerprint density at radius 2 is 2.04 bits per heavy atom. The van der Waals surface area contributed by atoms with Crippen LogP contribution >= 0.6 is 0 Å². The minimum atomic E-state index is -0.790. The molecule has 1 aromatic heterocycles. The zero-order chi connectivity index (χ0) is 18.8. The molecular weight excluding hydrogens is 334 g/mol. The Hall–Kier alpha value is -1.51. The van der Waals surface area contributed by atoms with Crippen molar-refractivity contribution >= 4 is 5.91 Å². The molecule has 2 N–H and O–H groups in total. The number of amides is 1. The summed E-state index contributed by atoms with van der Waals surface area (Å²) in [5, 5.41) is 18.2. The van der Waals surface area contributed by atoms with E-state index < -0.39 is 5.60 Å². The number of H-pyrrole nitrogens is 1. The van der Waals surface area contributed by atoms with E-state index in [1.54, 1.807) is 0 Å². The summed E-state index contributed by atoms with van der Waals surface area (Å²) in [4.78, 5) is 21.0. The normalized spacial score (nSPS) is 26.8. The molecular formula is C18H31N5O3. The summed E-state index contributed by atoms with van der Waals surface area (Å²) in [7, 11) is 0. The van der Waals surface area contributed by atoms with Crippen LogP contribution in [0.3, 0.4) is 0 Å². The zero-order valence-electron chi connectivity index (χ0n) is 16.1. The maximum atomic E-state index is 12.6. The van der Waals surface area contributed by atoms with Gasteiger partial charge in [0, 0.05) is 51.0 Å². The molecule has 1 atom stereocenters. The fourth-order valence-electron chi connectivity index (χ4n) is 3.87. The van der Waals surface area contributed by atoms with Gasteiger partial charge in [-0.2, -0.15) is 5.10 Å². The van der Waals surface area contributed by atoms with Gasteiger partial charge in [0.1, 0.15) is 5.82 Å². The van der Waals surface area contributed by atoms with Crippen molar-refractivity contribution in [1.82, 2.24) is 25.0 Å². The highest BCUT2D eigenvalue weighted by Crippen LogP contribution is 2.39. The summed E-state index contributed by atoms with van der Waals surface area (Å²) < 4.78 is 5.40. The van der Waals surface area contributed by atoms with Crippen LogP contribution in [0.4, 0.5) is 0 Å². The Morgan fingerprint density at radius 3 is 2.65 bits per heavy atom. The molecule has 3 heterocycles. The summed E-state index contributed by atoms with van der Waals surface area (Å²) in [6, 6.07) is 0. The number of aromatic amines is 1. The average Bonchev–Trinajstić information content (AvgIpc) is 3.01. The molecule has 2 saturated heterocycles. The van der Waals surface area contributed by atoms with Gasteiger partial charge in [-0.05, 0) is 13.3 Å². The molecule has 2 aliphatic heterocycles. The summed E-state index contributed by atoms with van der Waals surface area (Å²) in [6.45, 7) is 10.9. The van der Waals surface area contributed by atoms with Crippen LogP contribution in [0.1, 0.15) is 38.3 Å². The number of aromatic nitrogens is 3. The smallest absolute Gasteiger partial charge is 0.223 e. The number of ether oxygens (including phenoxy) is 1. The molecule has 0 radical (unpaired) electrons. The topological polar surface area (TPSA) is 94.6 Å². The minimum absolute atomic E-state index is 0.106. The van der Waals surface area contributed by atoms with E-state index in [1.165, 1.54) is 0 Å². The molecule has 8 heteroatoms. The van der Waals surface area contributed by atoms with Crippen LogP contribution in [0.25, 0.3) is 0 Å². The first-order valence-corrected chi connectivity index (χ1v) is 9.47. The second-order valence-corrected chi connectivity index (χ2v) is 8.21. The number of aliphatic hydroxyl groups is 1. The molecule has 1 aromatic rings. The van der Waals surface area contributed by atoms with E-state index in [1.807, 2.05) is 11.8 Å². The number of carbonyl (C=O) groups excluding carboxylic acids is 1. The first kappa shape index (κ1) is 19.3. The van der Waals surface area contributed by atoms with Crippen molar-refractivity contribution in [1.29, 1.82) is 0 Å². The van der Waals surface area contributed by atoms with Crippen LogP contribution in [0, 0.1) is 12.3 Å². The van der Waals surface area contributed by atoms with Gasteiger partial charge in [-0.25, -0.2) is 4.98 Å². The lowest BCUT2D eigenvalue weighted by atomic mass is 9.69. The average molecular weight is 365 g/mol. The van der Waals surface area contributed by atoms with Gasteiger partial charge < -0.3 is 14.7 Å². The first-order valence-electron chi connectivity index (χ1n) is 9.47. The molecule has 2 aliphatic rings. The highest BCUT2D eigenvalue weighted by Gasteiger charge is 2.49. The summed E-state index contributed by atoms with van der Waals surface area (Å²) >= 11 is 0. The molecule has 0 aliphatic carbocycles. The molecule has 0 saturated carbocycles. The number of hydrogen-bond acceptors (Lipinski definition) is 6. The third kappa shape index (κ3) is 4.24. The summed E-state index contributed by atoms with van der Waals surface area (Å²) in [6.07, 6.45) is 1.54. The van der Waals surface area contributed by atoms with Crippen LogP contribution in [0.15, 0.2) is 0 Å². The number of carbonyl (C=O) groups is 1. The van der Waals surface area contributed by atoms with Crippen LogP contribution < -0.4 is 0 Å².